The van der Waals surface area contributed by atoms with Gasteiger partial charge in [-0.25, -0.2) is 14.2 Å². The fraction of sp³-hybridized carbons (Fsp3) is 0.200. The van der Waals surface area contributed by atoms with Crippen LogP contribution in [0.5, 0.6) is 0 Å². The number of anilines is 1. The van der Waals surface area contributed by atoms with Crippen molar-refractivity contribution in [1.82, 2.24) is 4.98 Å². The van der Waals surface area contributed by atoms with E-state index in [1.54, 1.807) is 0 Å². The Kier molecular flexibility index (Phi) is 3.18. The van der Waals surface area contributed by atoms with Crippen LogP contribution in [0.25, 0.3) is 0 Å². The number of rotatable bonds is 3. The number of halogens is 1. The van der Waals surface area contributed by atoms with Crippen molar-refractivity contribution >= 4 is 23.4 Å². The van der Waals surface area contributed by atoms with Crippen LogP contribution in [0.2, 0.25) is 0 Å². The molecule has 0 aromatic carbocycles. The number of carbonyl (C=O) groups excluding carboxylic acids is 1. The minimum atomic E-state index is -1.23. The Morgan fingerprint density at radius 1 is 1.50 bits per heavy atom. The lowest BCUT2D eigenvalue weighted by Gasteiger charge is -2.08. The third-order valence-corrected chi connectivity index (χ3v) is 2.19. The predicted molar refractivity (Wildman–Crippen MR) is 57.4 cm³/mol. The minimum absolute atomic E-state index is 0.123. The average molecular weight is 253 g/mol. The summed E-state index contributed by atoms with van der Waals surface area (Å²) in [6, 6.07) is 2.42. The molecular formula is C10H8FN3O4. The lowest BCUT2D eigenvalue weighted by molar-refractivity contribution is -0.129. The van der Waals surface area contributed by atoms with Gasteiger partial charge in [-0.3, -0.25) is 4.79 Å². The highest BCUT2D eigenvalue weighted by Crippen LogP contribution is 2.13. The van der Waals surface area contributed by atoms with Gasteiger partial charge >= 0.3 is 5.97 Å². The zero-order valence-electron chi connectivity index (χ0n) is 8.96. The van der Waals surface area contributed by atoms with E-state index < -0.39 is 23.8 Å². The van der Waals surface area contributed by atoms with Gasteiger partial charge in [0.05, 0.1) is 6.20 Å². The predicted octanol–water partition coefficient (Wildman–Crippen LogP) is 0.389. The third kappa shape index (κ3) is 2.59. The number of aliphatic carboxylic acids is 1. The summed E-state index contributed by atoms with van der Waals surface area (Å²) in [5.41, 5.74) is -0.220. The number of amides is 1. The summed E-state index contributed by atoms with van der Waals surface area (Å²) in [6.45, 7) is 0. The Bertz CT molecular complexity index is 514. The zero-order valence-corrected chi connectivity index (χ0v) is 8.96. The van der Waals surface area contributed by atoms with Crippen LogP contribution in [-0.4, -0.2) is 33.8 Å². The first-order valence-corrected chi connectivity index (χ1v) is 4.94. The van der Waals surface area contributed by atoms with Crippen LogP contribution in [0, 0.1) is 5.82 Å². The Balaban J connectivity index is 1.94. The van der Waals surface area contributed by atoms with Crippen molar-refractivity contribution in [2.45, 2.75) is 12.5 Å². The number of hydrogen-bond acceptors (Lipinski definition) is 5. The van der Waals surface area contributed by atoms with Gasteiger partial charge in [-0.05, 0) is 12.1 Å². The van der Waals surface area contributed by atoms with Crippen LogP contribution in [0.1, 0.15) is 6.42 Å². The highest BCUT2D eigenvalue weighted by molar-refractivity contribution is 6.36. The molecule has 0 fully saturated rings. The molecule has 0 saturated heterocycles. The van der Waals surface area contributed by atoms with Crippen molar-refractivity contribution in [3.8, 4) is 0 Å². The van der Waals surface area contributed by atoms with E-state index in [0.717, 1.165) is 12.3 Å². The maximum atomic E-state index is 12.6. The highest BCUT2D eigenvalue weighted by Gasteiger charge is 2.31. The van der Waals surface area contributed by atoms with Gasteiger partial charge in [0.25, 0.3) is 5.91 Å². The SMILES string of the molecule is O=C(O)C1=NOC(C(=O)Nc2ccc(F)cn2)C1. The van der Waals surface area contributed by atoms with Crippen molar-refractivity contribution in [2.24, 2.45) is 5.16 Å². The van der Waals surface area contributed by atoms with Gasteiger partial charge in [-0.15, -0.1) is 0 Å². The first kappa shape index (κ1) is 12.0. The average Bonchev–Trinajstić information content (AvgIpc) is 2.81. The molecule has 8 heteroatoms. The first-order chi connectivity index (χ1) is 8.56. The Labute approximate surface area is 100 Å². The molecule has 1 aliphatic rings. The van der Waals surface area contributed by atoms with Crippen LogP contribution in [0.3, 0.4) is 0 Å². The van der Waals surface area contributed by atoms with Crippen molar-refractivity contribution in [1.29, 1.82) is 0 Å². The molecule has 2 rings (SSSR count). The van der Waals surface area contributed by atoms with E-state index in [2.05, 4.69) is 20.3 Å². The number of carbonyl (C=O) groups is 2. The van der Waals surface area contributed by atoms with Crippen LogP contribution < -0.4 is 5.32 Å². The molecule has 18 heavy (non-hydrogen) atoms. The Hall–Kier alpha value is -2.51. The van der Waals surface area contributed by atoms with E-state index in [1.807, 2.05) is 0 Å². The quantitative estimate of drug-likeness (QED) is 0.811. The lowest BCUT2D eigenvalue weighted by atomic mass is 10.2. The van der Waals surface area contributed by atoms with Gasteiger partial charge < -0.3 is 15.3 Å². The van der Waals surface area contributed by atoms with Gasteiger partial charge in [-0.2, -0.15) is 0 Å². The minimum Gasteiger partial charge on any atom is -0.477 e. The third-order valence-electron chi connectivity index (χ3n) is 2.19. The van der Waals surface area contributed by atoms with Gasteiger partial charge in [-0.1, -0.05) is 5.16 Å². The molecule has 7 nitrogen and oxygen atoms in total. The molecule has 0 aliphatic carbocycles. The molecule has 0 radical (unpaired) electrons. The monoisotopic (exact) mass is 253 g/mol. The molecular weight excluding hydrogens is 245 g/mol. The van der Waals surface area contributed by atoms with Crippen LogP contribution in [0.15, 0.2) is 23.5 Å². The number of pyridine rings is 1. The number of carboxylic acid groups (broad SMARTS) is 1. The van der Waals surface area contributed by atoms with Crippen LogP contribution in [0.4, 0.5) is 10.2 Å². The van der Waals surface area contributed by atoms with E-state index >= 15 is 0 Å². The van der Waals surface area contributed by atoms with Crippen LogP contribution in [-0.2, 0) is 14.4 Å². The van der Waals surface area contributed by atoms with E-state index in [-0.39, 0.29) is 18.0 Å². The number of nitrogens with one attached hydrogen (secondary N) is 1. The number of oxime groups is 1. The summed E-state index contributed by atoms with van der Waals surface area (Å²) < 4.78 is 12.6. The molecule has 0 saturated carbocycles. The molecule has 0 bridgehead atoms. The molecule has 1 aromatic heterocycles. The molecule has 1 amide bonds. The molecule has 2 heterocycles. The van der Waals surface area contributed by atoms with Crippen molar-refractivity contribution in [3.63, 3.8) is 0 Å². The maximum absolute atomic E-state index is 12.6. The normalized spacial score (nSPS) is 17.8. The van der Waals surface area contributed by atoms with E-state index in [1.165, 1.54) is 6.07 Å². The van der Waals surface area contributed by atoms with Gasteiger partial charge in [0.1, 0.15) is 11.6 Å². The molecule has 1 atom stereocenters. The molecule has 0 spiro atoms. The lowest BCUT2D eigenvalue weighted by Crippen LogP contribution is -2.29. The molecule has 94 valence electrons. The van der Waals surface area contributed by atoms with Crippen molar-refractivity contribution < 1.29 is 23.9 Å². The summed E-state index contributed by atoms with van der Waals surface area (Å²) in [5.74, 6) is -2.20. The summed E-state index contributed by atoms with van der Waals surface area (Å²) >= 11 is 0. The highest BCUT2D eigenvalue weighted by atomic mass is 19.1. The van der Waals surface area contributed by atoms with Crippen molar-refractivity contribution in [3.05, 3.63) is 24.1 Å². The smallest absolute Gasteiger partial charge is 0.353 e. The molecule has 1 aromatic rings. The molecule has 1 aliphatic heterocycles. The summed E-state index contributed by atoms with van der Waals surface area (Å²) in [4.78, 5) is 30.5. The topological polar surface area (TPSA) is 101 Å². The fourth-order valence-corrected chi connectivity index (χ4v) is 1.30. The second-order valence-corrected chi connectivity index (χ2v) is 3.49. The van der Waals surface area contributed by atoms with Gasteiger partial charge in [0, 0.05) is 6.42 Å². The Morgan fingerprint density at radius 2 is 2.28 bits per heavy atom. The summed E-state index contributed by atoms with van der Waals surface area (Å²) in [5, 5.41) is 14.3. The van der Waals surface area contributed by atoms with E-state index in [0.29, 0.717) is 0 Å². The second kappa shape index (κ2) is 4.78. The fourth-order valence-electron chi connectivity index (χ4n) is 1.30. The molecule has 1 unspecified atom stereocenters. The number of nitrogens with zero attached hydrogens (tertiary/aromatic N) is 2. The number of aromatic nitrogens is 1. The largest absolute Gasteiger partial charge is 0.477 e. The second-order valence-electron chi connectivity index (χ2n) is 3.49. The maximum Gasteiger partial charge on any atom is 0.353 e. The van der Waals surface area contributed by atoms with E-state index in [4.69, 9.17) is 5.11 Å². The summed E-state index contributed by atoms with van der Waals surface area (Å²) in [6.07, 6.45) is -0.185. The molecule has 2 N–H and O–H groups in total. The van der Waals surface area contributed by atoms with E-state index in [9.17, 15) is 14.0 Å². The van der Waals surface area contributed by atoms with Crippen molar-refractivity contribution in [2.75, 3.05) is 5.32 Å². The number of hydrogen-bond donors (Lipinski definition) is 2. The zero-order chi connectivity index (χ0) is 13.1. The standard InChI is InChI=1S/C10H8FN3O4/c11-5-1-2-8(12-4-5)13-9(15)7-3-6(10(16)17)14-18-7/h1-2,4,7H,3H2,(H,16,17)(H,12,13,15). The van der Waals surface area contributed by atoms with Gasteiger partial charge in [0.2, 0.25) is 6.10 Å². The Morgan fingerprint density at radius 3 is 2.83 bits per heavy atom. The summed E-state index contributed by atoms with van der Waals surface area (Å²) in [7, 11) is 0. The first-order valence-electron chi connectivity index (χ1n) is 4.94. The van der Waals surface area contributed by atoms with Gasteiger partial charge in [0.15, 0.2) is 5.71 Å². The number of carboxylic acids is 1. The van der Waals surface area contributed by atoms with Crippen LogP contribution >= 0.6 is 0 Å².